The van der Waals surface area contributed by atoms with Gasteiger partial charge in [-0.05, 0) is 12.8 Å². The van der Waals surface area contributed by atoms with Crippen molar-refractivity contribution in [2.45, 2.75) is 19.8 Å². The second-order valence-electron chi connectivity index (χ2n) is 3.53. The Morgan fingerprint density at radius 3 is 2.62 bits per heavy atom. The van der Waals surface area contributed by atoms with E-state index < -0.39 is 0 Å². The largest absolute Gasteiger partial charge is 0.512 e. The van der Waals surface area contributed by atoms with Gasteiger partial charge in [0.05, 0.1) is 13.4 Å². The normalized spacial score (nSPS) is 20.3. The lowest BCUT2D eigenvalue weighted by Gasteiger charge is -2.04. The van der Waals surface area contributed by atoms with Gasteiger partial charge in [0.1, 0.15) is 5.76 Å². The number of hydrogen-bond acceptors (Lipinski definition) is 3. The van der Waals surface area contributed by atoms with Crippen molar-refractivity contribution in [2.24, 2.45) is 5.41 Å². The Balaban J connectivity index is 2.55. The fourth-order valence-corrected chi connectivity index (χ4v) is 0.936. The molecular weight excluding hydrogens is 168 g/mol. The van der Waals surface area contributed by atoms with Gasteiger partial charge in [0, 0.05) is 17.6 Å². The molecule has 0 aliphatic heterocycles. The molecule has 0 saturated heterocycles. The van der Waals surface area contributed by atoms with E-state index in [1.165, 1.54) is 25.5 Å². The van der Waals surface area contributed by atoms with E-state index in [1.54, 1.807) is 0 Å². The molecule has 0 bridgehead atoms. The summed E-state index contributed by atoms with van der Waals surface area (Å²) >= 11 is 0. The fraction of sp³-hybridized carbons (Fsp3) is 0.500. The van der Waals surface area contributed by atoms with Crippen molar-refractivity contribution in [1.29, 1.82) is 0 Å². The highest BCUT2D eigenvalue weighted by molar-refractivity contribution is 5.99. The minimum Gasteiger partial charge on any atom is -0.512 e. The van der Waals surface area contributed by atoms with Crippen LogP contribution in [0, 0.1) is 5.41 Å². The number of ether oxygens (including phenoxy) is 1. The molecule has 0 radical (unpaired) electrons. The maximum Gasteiger partial charge on any atom is 0.185 e. The first kappa shape index (κ1) is 9.84. The van der Waals surface area contributed by atoms with Gasteiger partial charge in [-0.25, -0.2) is 0 Å². The summed E-state index contributed by atoms with van der Waals surface area (Å²) in [5, 5.41) is 9.48. The summed E-state index contributed by atoms with van der Waals surface area (Å²) in [4.78, 5) is 11.1. The van der Waals surface area contributed by atoms with Gasteiger partial charge in [0.2, 0.25) is 0 Å². The van der Waals surface area contributed by atoms with E-state index in [9.17, 15) is 9.90 Å². The molecule has 1 saturated carbocycles. The summed E-state index contributed by atoms with van der Waals surface area (Å²) in [6.07, 6.45) is 5.74. The minimum absolute atomic E-state index is 0.142. The van der Waals surface area contributed by atoms with Crippen LogP contribution >= 0.6 is 0 Å². The van der Waals surface area contributed by atoms with Gasteiger partial charge in [-0.1, -0.05) is 6.92 Å². The van der Waals surface area contributed by atoms with Crippen LogP contribution in [0.15, 0.2) is 24.2 Å². The second-order valence-corrected chi connectivity index (χ2v) is 3.53. The molecule has 1 rings (SSSR count). The first-order chi connectivity index (χ1) is 6.08. The van der Waals surface area contributed by atoms with Gasteiger partial charge in [0.25, 0.3) is 0 Å². The maximum absolute atomic E-state index is 11.1. The minimum atomic E-state index is -0.243. The van der Waals surface area contributed by atoms with Crippen molar-refractivity contribution in [1.82, 2.24) is 0 Å². The molecule has 0 atom stereocenters. The van der Waals surface area contributed by atoms with Crippen LogP contribution in [-0.4, -0.2) is 18.0 Å². The lowest BCUT2D eigenvalue weighted by atomic mass is 10.1. The topological polar surface area (TPSA) is 46.5 Å². The highest BCUT2D eigenvalue weighted by Gasteiger charge is 2.41. The van der Waals surface area contributed by atoms with Gasteiger partial charge in [0.15, 0.2) is 5.78 Å². The van der Waals surface area contributed by atoms with Crippen LogP contribution in [-0.2, 0) is 9.53 Å². The monoisotopic (exact) mass is 182 g/mol. The molecule has 1 aliphatic rings. The average molecular weight is 182 g/mol. The van der Waals surface area contributed by atoms with E-state index in [2.05, 4.69) is 4.74 Å². The Hall–Kier alpha value is -1.25. The molecule has 0 aromatic rings. The Kier molecular flexibility index (Phi) is 2.76. The van der Waals surface area contributed by atoms with Crippen LogP contribution in [0.1, 0.15) is 19.8 Å². The average Bonchev–Trinajstić information content (AvgIpc) is 2.81. The number of hydrogen-bond donors (Lipinski definition) is 1. The summed E-state index contributed by atoms with van der Waals surface area (Å²) < 4.78 is 4.58. The van der Waals surface area contributed by atoms with E-state index in [0.29, 0.717) is 0 Å². The quantitative estimate of drug-likeness (QED) is 0.534. The lowest BCUT2D eigenvalue weighted by Crippen LogP contribution is -2.00. The zero-order chi connectivity index (χ0) is 9.90. The van der Waals surface area contributed by atoms with Crippen LogP contribution in [0.5, 0.6) is 0 Å². The van der Waals surface area contributed by atoms with Gasteiger partial charge in [-0.3, -0.25) is 4.79 Å². The molecule has 1 fully saturated rings. The number of rotatable bonds is 4. The molecule has 13 heavy (non-hydrogen) atoms. The summed E-state index contributed by atoms with van der Waals surface area (Å²) in [5.74, 6) is -0.0641. The van der Waals surface area contributed by atoms with Crippen molar-refractivity contribution < 1.29 is 14.6 Å². The molecule has 0 unspecified atom stereocenters. The van der Waals surface area contributed by atoms with Gasteiger partial charge in [-0.15, -0.1) is 0 Å². The van der Waals surface area contributed by atoms with Crippen LogP contribution in [0.25, 0.3) is 0 Å². The number of ketones is 1. The zero-order valence-corrected chi connectivity index (χ0v) is 7.91. The lowest BCUT2D eigenvalue weighted by molar-refractivity contribution is -0.110. The number of carbonyl (C=O) groups is 1. The predicted octanol–water partition coefficient (Wildman–Crippen LogP) is 1.96. The zero-order valence-electron chi connectivity index (χ0n) is 7.91. The molecular formula is C10H14O3. The number of methoxy groups -OCH3 is 1. The van der Waals surface area contributed by atoms with Crippen molar-refractivity contribution in [2.75, 3.05) is 7.11 Å². The number of allylic oxidation sites excluding steroid dienone is 3. The Labute approximate surface area is 77.7 Å². The van der Waals surface area contributed by atoms with Crippen LogP contribution in [0.3, 0.4) is 0 Å². The summed E-state index contributed by atoms with van der Waals surface area (Å²) in [5.41, 5.74) is -0.142. The molecule has 0 aromatic heterocycles. The van der Waals surface area contributed by atoms with Crippen molar-refractivity contribution in [3.63, 3.8) is 0 Å². The third-order valence-corrected chi connectivity index (χ3v) is 2.27. The Morgan fingerprint density at radius 1 is 1.54 bits per heavy atom. The second kappa shape index (κ2) is 3.64. The van der Waals surface area contributed by atoms with Crippen molar-refractivity contribution >= 4 is 5.78 Å². The molecule has 3 heteroatoms. The van der Waals surface area contributed by atoms with E-state index in [-0.39, 0.29) is 17.0 Å². The Morgan fingerprint density at radius 2 is 2.15 bits per heavy atom. The highest BCUT2D eigenvalue weighted by Crippen LogP contribution is 2.50. The molecule has 0 spiro atoms. The number of aliphatic hydroxyl groups excluding tert-OH is 1. The summed E-state index contributed by atoms with van der Waals surface area (Å²) in [6, 6.07) is 0. The molecule has 72 valence electrons. The van der Waals surface area contributed by atoms with E-state index in [1.807, 2.05) is 6.92 Å². The summed E-state index contributed by atoms with van der Waals surface area (Å²) in [7, 11) is 1.47. The van der Waals surface area contributed by atoms with Gasteiger partial charge < -0.3 is 9.84 Å². The van der Waals surface area contributed by atoms with E-state index in [0.717, 1.165) is 12.8 Å². The van der Waals surface area contributed by atoms with E-state index in [4.69, 9.17) is 0 Å². The SMILES string of the molecule is CO/C=C/C(=O)/C=C(\O)C1(C)CC1. The van der Waals surface area contributed by atoms with Crippen molar-refractivity contribution in [3.05, 3.63) is 24.2 Å². The predicted molar refractivity (Wildman–Crippen MR) is 49.2 cm³/mol. The van der Waals surface area contributed by atoms with Crippen LogP contribution in [0.2, 0.25) is 0 Å². The molecule has 1 N–H and O–H groups in total. The molecule has 1 aliphatic carbocycles. The molecule has 3 nitrogen and oxygen atoms in total. The van der Waals surface area contributed by atoms with E-state index >= 15 is 0 Å². The van der Waals surface area contributed by atoms with Crippen LogP contribution in [0.4, 0.5) is 0 Å². The fourth-order valence-electron chi connectivity index (χ4n) is 0.936. The van der Waals surface area contributed by atoms with Crippen molar-refractivity contribution in [3.8, 4) is 0 Å². The third kappa shape index (κ3) is 2.61. The molecule has 0 aromatic carbocycles. The third-order valence-electron chi connectivity index (χ3n) is 2.27. The van der Waals surface area contributed by atoms with Gasteiger partial charge >= 0.3 is 0 Å². The van der Waals surface area contributed by atoms with Crippen LogP contribution < -0.4 is 0 Å². The highest BCUT2D eigenvalue weighted by atomic mass is 16.5. The standard InChI is InChI=1S/C10H14O3/c1-10(4-5-10)9(12)7-8(11)3-6-13-2/h3,6-7,12H,4-5H2,1-2H3/b6-3+,9-7-. The number of aliphatic hydroxyl groups is 1. The Bertz CT molecular complexity index is 259. The first-order valence-electron chi connectivity index (χ1n) is 4.23. The first-order valence-corrected chi connectivity index (χ1v) is 4.23. The van der Waals surface area contributed by atoms with Gasteiger partial charge in [-0.2, -0.15) is 0 Å². The maximum atomic E-state index is 11.1. The molecule has 0 amide bonds. The molecule has 0 heterocycles. The summed E-state index contributed by atoms with van der Waals surface area (Å²) in [6.45, 7) is 1.94. The smallest absolute Gasteiger partial charge is 0.185 e. The number of carbonyl (C=O) groups excluding carboxylic acids is 1.